The third kappa shape index (κ3) is 2.34. The Morgan fingerprint density at radius 1 is 1.58 bits per heavy atom. The fourth-order valence-electron chi connectivity index (χ4n) is 0.980. The van der Waals surface area contributed by atoms with Gasteiger partial charge in [-0.3, -0.25) is 0 Å². The maximum absolute atomic E-state index is 5.96. The van der Waals surface area contributed by atoms with E-state index in [1.165, 1.54) is 0 Å². The van der Waals surface area contributed by atoms with Crippen molar-refractivity contribution in [3.8, 4) is 0 Å². The fourth-order valence-corrected chi connectivity index (χ4v) is 2.02. The van der Waals surface area contributed by atoms with Gasteiger partial charge in [0.05, 0.1) is 0 Å². The lowest BCUT2D eigenvalue weighted by Crippen LogP contribution is -2.05. The summed E-state index contributed by atoms with van der Waals surface area (Å²) in [6.07, 6.45) is 0. The largest absolute Gasteiger partial charge is 0.324 e. The van der Waals surface area contributed by atoms with E-state index < -0.39 is 0 Å². The Morgan fingerprint density at radius 2 is 2.25 bits per heavy atom. The van der Waals surface area contributed by atoms with Crippen LogP contribution in [0.25, 0.3) is 0 Å². The summed E-state index contributed by atoms with van der Waals surface area (Å²) in [6.45, 7) is 1.97. The third-order valence-electron chi connectivity index (χ3n) is 1.74. The van der Waals surface area contributed by atoms with Crippen LogP contribution >= 0.6 is 34.2 Å². The normalized spacial score (nSPS) is 13.0. The highest BCUT2D eigenvalue weighted by atomic mass is 127. The van der Waals surface area contributed by atoms with E-state index in [9.17, 15) is 0 Å². The van der Waals surface area contributed by atoms with Crippen LogP contribution in [0.2, 0.25) is 5.02 Å². The van der Waals surface area contributed by atoms with Crippen molar-refractivity contribution in [1.82, 2.24) is 0 Å². The molecular weight excluding hydrogens is 284 g/mol. The van der Waals surface area contributed by atoms with Crippen molar-refractivity contribution in [2.24, 2.45) is 5.73 Å². The third-order valence-corrected chi connectivity index (χ3v) is 2.93. The van der Waals surface area contributed by atoms with Gasteiger partial charge in [0.15, 0.2) is 0 Å². The topological polar surface area (TPSA) is 26.0 Å². The van der Waals surface area contributed by atoms with Gasteiger partial charge in [0, 0.05) is 15.5 Å². The second-order valence-electron chi connectivity index (χ2n) is 2.77. The number of hydrogen-bond acceptors (Lipinski definition) is 1. The average molecular weight is 296 g/mol. The molecule has 2 N–H and O–H groups in total. The summed E-state index contributed by atoms with van der Waals surface area (Å²) in [6, 6.07) is 6.04. The zero-order valence-corrected chi connectivity index (χ0v) is 9.76. The van der Waals surface area contributed by atoms with Crippen molar-refractivity contribution in [3.63, 3.8) is 0 Å². The van der Waals surface area contributed by atoms with Gasteiger partial charge in [-0.1, -0.05) is 46.3 Å². The maximum Gasteiger partial charge on any atom is 0.0446 e. The Kier molecular flexibility index (Phi) is 3.80. The van der Waals surface area contributed by atoms with Crippen molar-refractivity contribution in [3.05, 3.63) is 34.3 Å². The van der Waals surface area contributed by atoms with Gasteiger partial charge in [-0.15, -0.1) is 0 Å². The molecule has 0 aromatic heterocycles. The summed E-state index contributed by atoms with van der Waals surface area (Å²) in [4.78, 5) is 0. The molecule has 0 saturated heterocycles. The van der Waals surface area contributed by atoms with Crippen LogP contribution in [-0.4, -0.2) is 0 Å². The first-order valence-electron chi connectivity index (χ1n) is 3.75. The minimum atomic E-state index is 0.0870. The van der Waals surface area contributed by atoms with Crippen molar-refractivity contribution < 1.29 is 0 Å². The van der Waals surface area contributed by atoms with Crippen LogP contribution in [0.1, 0.15) is 24.1 Å². The standard InChI is InChI=1S/C9H11ClIN/c1-6(12)7-2-3-9(10)8(4-7)5-11/h2-4,6H,5,12H2,1H3/t6-/m0/s1. The van der Waals surface area contributed by atoms with Gasteiger partial charge in [-0.2, -0.15) is 0 Å². The predicted octanol–water partition coefficient (Wildman–Crippen LogP) is 3.29. The molecule has 1 nitrogen and oxygen atoms in total. The zero-order valence-electron chi connectivity index (χ0n) is 6.85. The molecule has 1 rings (SSSR count). The highest BCUT2D eigenvalue weighted by molar-refractivity contribution is 14.1. The van der Waals surface area contributed by atoms with Gasteiger partial charge in [0.2, 0.25) is 0 Å². The fraction of sp³-hybridized carbons (Fsp3) is 0.333. The number of hydrogen-bond donors (Lipinski definition) is 1. The molecule has 0 unspecified atom stereocenters. The molecule has 12 heavy (non-hydrogen) atoms. The molecule has 0 amide bonds. The van der Waals surface area contributed by atoms with Crippen LogP contribution in [0.5, 0.6) is 0 Å². The van der Waals surface area contributed by atoms with Gasteiger partial charge < -0.3 is 5.73 Å². The Balaban J connectivity index is 3.05. The molecule has 0 bridgehead atoms. The zero-order chi connectivity index (χ0) is 9.14. The number of halogens is 2. The van der Waals surface area contributed by atoms with Crippen molar-refractivity contribution in [2.45, 2.75) is 17.4 Å². The number of benzene rings is 1. The highest BCUT2D eigenvalue weighted by Gasteiger charge is 2.03. The minimum Gasteiger partial charge on any atom is -0.324 e. The number of nitrogens with two attached hydrogens (primary N) is 1. The Hall–Kier alpha value is 0.200. The Bertz CT molecular complexity index is 273. The first kappa shape index (κ1) is 10.3. The Labute approximate surface area is 91.4 Å². The van der Waals surface area contributed by atoms with Crippen LogP contribution in [-0.2, 0) is 4.43 Å². The summed E-state index contributed by atoms with van der Waals surface area (Å²) in [7, 11) is 0. The van der Waals surface area contributed by atoms with Crippen LogP contribution in [0.4, 0.5) is 0 Å². The van der Waals surface area contributed by atoms with Gasteiger partial charge >= 0.3 is 0 Å². The maximum atomic E-state index is 5.96. The first-order valence-corrected chi connectivity index (χ1v) is 5.65. The SMILES string of the molecule is C[C@H](N)c1ccc(Cl)c(CI)c1. The highest BCUT2D eigenvalue weighted by Crippen LogP contribution is 2.22. The molecule has 3 heteroatoms. The van der Waals surface area contributed by atoms with Gasteiger partial charge in [0.25, 0.3) is 0 Å². The molecule has 0 saturated carbocycles. The second-order valence-corrected chi connectivity index (χ2v) is 3.94. The molecule has 0 aliphatic carbocycles. The van der Waals surface area contributed by atoms with Crippen LogP contribution < -0.4 is 5.73 Å². The molecule has 0 fully saturated rings. The molecular formula is C9H11ClIN. The van der Waals surface area contributed by atoms with E-state index >= 15 is 0 Å². The molecule has 0 spiro atoms. The van der Waals surface area contributed by atoms with Gasteiger partial charge in [-0.25, -0.2) is 0 Å². The summed E-state index contributed by atoms with van der Waals surface area (Å²) in [5.41, 5.74) is 8.05. The van der Waals surface area contributed by atoms with Gasteiger partial charge in [-0.05, 0) is 24.1 Å². The van der Waals surface area contributed by atoms with Crippen molar-refractivity contribution in [2.75, 3.05) is 0 Å². The minimum absolute atomic E-state index is 0.0870. The molecule has 66 valence electrons. The lowest BCUT2D eigenvalue weighted by atomic mass is 10.1. The van der Waals surface area contributed by atoms with Crippen LogP contribution in [0.3, 0.4) is 0 Å². The number of rotatable bonds is 2. The van der Waals surface area contributed by atoms with Gasteiger partial charge in [0.1, 0.15) is 0 Å². The molecule has 1 atom stereocenters. The van der Waals surface area contributed by atoms with E-state index in [1.807, 2.05) is 19.1 Å². The molecule has 0 aliphatic heterocycles. The van der Waals surface area contributed by atoms with E-state index in [0.717, 1.165) is 20.6 Å². The predicted molar refractivity (Wildman–Crippen MR) is 61.8 cm³/mol. The van der Waals surface area contributed by atoms with E-state index in [0.29, 0.717) is 0 Å². The summed E-state index contributed by atoms with van der Waals surface area (Å²) in [5, 5.41) is 0.828. The van der Waals surface area contributed by atoms with E-state index in [1.54, 1.807) is 0 Å². The monoisotopic (exact) mass is 295 g/mol. The molecule has 0 aliphatic rings. The lowest BCUT2D eigenvalue weighted by Gasteiger charge is -2.07. The van der Waals surface area contributed by atoms with E-state index in [4.69, 9.17) is 17.3 Å². The average Bonchev–Trinajstić information content (AvgIpc) is 2.05. The lowest BCUT2D eigenvalue weighted by molar-refractivity contribution is 0.817. The molecule has 0 radical (unpaired) electrons. The summed E-state index contributed by atoms with van der Waals surface area (Å²) < 4.78 is 0.928. The van der Waals surface area contributed by atoms with E-state index in [-0.39, 0.29) is 6.04 Å². The summed E-state index contributed by atoms with van der Waals surface area (Å²) in [5.74, 6) is 0. The quantitative estimate of drug-likeness (QED) is 0.657. The van der Waals surface area contributed by atoms with E-state index in [2.05, 4.69) is 28.7 Å². The number of alkyl halides is 1. The van der Waals surface area contributed by atoms with Crippen molar-refractivity contribution in [1.29, 1.82) is 0 Å². The first-order chi connectivity index (χ1) is 5.65. The smallest absolute Gasteiger partial charge is 0.0446 e. The van der Waals surface area contributed by atoms with Crippen LogP contribution in [0.15, 0.2) is 18.2 Å². The van der Waals surface area contributed by atoms with Crippen molar-refractivity contribution >= 4 is 34.2 Å². The molecule has 1 aromatic carbocycles. The molecule has 0 heterocycles. The second kappa shape index (κ2) is 4.44. The molecule has 1 aromatic rings. The summed E-state index contributed by atoms with van der Waals surface area (Å²) >= 11 is 8.25. The Morgan fingerprint density at radius 3 is 2.75 bits per heavy atom. The van der Waals surface area contributed by atoms with Crippen LogP contribution in [0, 0.1) is 0 Å².